The van der Waals surface area contributed by atoms with E-state index in [2.05, 4.69) is 43.4 Å². The van der Waals surface area contributed by atoms with Gasteiger partial charge in [-0.3, -0.25) is 0 Å². The van der Waals surface area contributed by atoms with Gasteiger partial charge in [-0.1, -0.05) is 30.4 Å². The van der Waals surface area contributed by atoms with Crippen molar-refractivity contribution in [2.24, 2.45) is 11.8 Å². The second kappa shape index (κ2) is 3.19. The van der Waals surface area contributed by atoms with Gasteiger partial charge < -0.3 is 0 Å². The number of hydrogen-bond donors (Lipinski definition) is 0. The first-order chi connectivity index (χ1) is 8.33. The van der Waals surface area contributed by atoms with Gasteiger partial charge in [0.25, 0.3) is 0 Å². The van der Waals surface area contributed by atoms with Crippen molar-refractivity contribution in [3.8, 4) is 0 Å². The molecule has 1 fully saturated rings. The van der Waals surface area contributed by atoms with E-state index < -0.39 is 0 Å². The Kier molecular flexibility index (Phi) is 1.77. The van der Waals surface area contributed by atoms with Gasteiger partial charge in [-0.05, 0) is 48.5 Å². The van der Waals surface area contributed by atoms with Crippen LogP contribution in [0.25, 0.3) is 24.3 Å². The van der Waals surface area contributed by atoms with Crippen LogP contribution in [0.4, 0.5) is 0 Å². The molecule has 0 amide bonds. The maximum atomic E-state index is 4.83. The van der Waals surface area contributed by atoms with Crippen molar-refractivity contribution in [3.05, 3.63) is 39.5 Å². The van der Waals surface area contributed by atoms with Crippen molar-refractivity contribution >= 4 is 24.3 Å². The number of hydrogen-bond acceptors (Lipinski definition) is 1. The summed E-state index contributed by atoms with van der Waals surface area (Å²) in [6.07, 6.45) is 15.9. The predicted octanol–water partition coefficient (Wildman–Crippen LogP) is 2.03. The van der Waals surface area contributed by atoms with Crippen molar-refractivity contribution in [1.82, 2.24) is 4.98 Å². The van der Waals surface area contributed by atoms with Crippen LogP contribution in [-0.4, -0.2) is 4.98 Å². The molecule has 3 aliphatic carbocycles. The quantitative estimate of drug-likeness (QED) is 0.653. The molecule has 0 bridgehead atoms. The van der Waals surface area contributed by atoms with Crippen LogP contribution in [0.2, 0.25) is 0 Å². The second-order valence-electron chi connectivity index (χ2n) is 5.27. The molecule has 1 nitrogen and oxygen atoms in total. The van der Waals surface area contributed by atoms with Gasteiger partial charge in [0.1, 0.15) is 0 Å². The fourth-order valence-electron chi connectivity index (χ4n) is 2.93. The van der Waals surface area contributed by atoms with E-state index in [9.17, 15) is 0 Å². The minimum absolute atomic E-state index is 0.776. The Morgan fingerprint density at radius 2 is 1.94 bits per heavy atom. The summed E-state index contributed by atoms with van der Waals surface area (Å²) in [5, 5.41) is 2.59. The third-order valence-electron chi connectivity index (χ3n) is 4.08. The van der Waals surface area contributed by atoms with Gasteiger partial charge >= 0.3 is 0 Å². The zero-order chi connectivity index (χ0) is 11.4. The Morgan fingerprint density at radius 3 is 2.88 bits per heavy atom. The Balaban J connectivity index is 2.11. The highest BCUT2D eigenvalue weighted by Gasteiger charge is 2.35. The summed E-state index contributed by atoms with van der Waals surface area (Å²) in [6.45, 7) is 2.23. The molecule has 0 radical (unpaired) electrons. The molecule has 0 saturated heterocycles. The van der Waals surface area contributed by atoms with Crippen LogP contribution in [0.15, 0.2) is 12.2 Å². The fourth-order valence-corrected chi connectivity index (χ4v) is 2.93. The fraction of sp³-hybridized carbons (Fsp3) is 0.312. The molecule has 2 atom stereocenters. The van der Waals surface area contributed by atoms with Crippen molar-refractivity contribution < 1.29 is 0 Å². The van der Waals surface area contributed by atoms with Crippen molar-refractivity contribution in [2.75, 3.05) is 0 Å². The summed E-state index contributed by atoms with van der Waals surface area (Å²) in [5.74, 6) is 1.57. The van der Waals surface area contributed by atoms with Crippen molar-refractivity contribution in [2.45, 2.75) is 19.8 Å². The second-order valence-corrected chi connectivity index (χ2v) is 5.27. The number of fused-ring (bicyclic) bond motifs is 3. The predicted molar refractivity (Wildman–Crippen MR) is 71.4 cm³/mol. The topological polar surface area (TPSA) is 12.9 Å². The lowest BCUT2D eigenvalue weighted by atomic mass is 10.0. The summed E-state index contributed by atoms with van der Waals surface area (Å²) in [7, 11) is 0. The largest absolute Gasteiger partial charge is 0.248 e. The lowest BCUT2D eigenvalue weighted by Crippen LogP contribution is -2.34. The minimum Gasteiger partial charge on any atom is -0.248 e. The van der Waals surface area contributed by atoms with E-state index in [0.717, 1.165) is 24.0 Å². The maximum Gasteiger partial charge on any atom is 0.0709 e. The lowest BCUT2D eigenvalue weighted by molar-refractivity contribution is 1.02. The normalized spacial score (nSPS) is 27.1. The van der Waals surface area contributed by atoms with Crippen molar-refractivity contribution in [3.63, 3.8) is 0 Å². The van der Waals surface area contributed by atoms with E-state index in [1.54, 1.807) is 0 Å². The molecule has 0 spiro atoms. The van der Waals surface area contributed by atoms with Gasteiger partial charge in [0.15, 0.2) is 0 Å². The van der Waals surface area contributed by atoms with Crippen molar-refractivity contribution in [1.29, 1.82) is 0 Å². The first-order valence-corrected chi connectivity index (χ1v) is 6.40. The van der Waals surface area contributed by atoms with Gasteiger partial charge in [0.05, 0.1) is 11.0 Å². The van der Waals surface area contributed by atoms with E-state index >= 15 is 0 Å². The Hall–Kier alpha value is -1.63. The van der Waals surface area contributed by atoms with Crippen LogP contribution in [-0.2, 0) is 0 Å². The summed E-state index contributed by atoms with van der Waals surface area (Å²) >= 11 is 0. The molecule has 17 heavy (non-hydrogen) atoms. The zero-order valence-corrected chi connectivity index (χ0v) is 9.98. The average molecular weight is 221 g/mol. The van der Waals surface area contributed by atoms with E-state index in [4.69, 9.17) is 4.98 Å². The van der Waals surface area contributed by atoms with Crippen LogP contribution < -0.4 is 10.6 Å². The molecule has 84 valence electrons. The van der Waals surface area contributed by atoms with E-state index in [-0.39, 0.29) is 0 Å². The Morgan fingerprint density at radius 1 is 1.12 bits per heavy atom. The van der Waals surface area contributed by atoms with Crippen LogP contribution in [0.1, 0.15) is 29.7 Å². The number of pyridine rings is 1. The van der Waals surface area contributed by atoms with Crippen LogP contribution in [0.5, 0.6) is 0 Å². The highest BCUT2D eigenvalue weighted by molar-refractivity contribution is 5.68. The molecule has 2 unspecified atom stereocenters. The molecule has 0 aliphatic heterocycles. The highest BCUT2D eigenvalue weighted by atomic mass is 14.7. The van der Waals surface area contributed by atoms with Crippen LogP contribution in [0, 0.1) is 18.8 Å². The van der Waals surface area contributed by atoms with E-state index in [0.29, 0.717) is 0 Å². The first kappa shape index (κ1) is 9.41. The van der Waals surface area contributed by atoms with Gasteiger partial charge in [0.2, 0.25) is 0 Å². The summed E-state index contributed by atoms with van der Waals surface area (Å²) < 4.78 is 0. The van der Waals surface area contributed by atoms with Gasteiger partial charge in [0, 0.05) is 5.56 Å². The lowest BCUT2D eigenvalue weighted by Gasteiger charge is -2.09. The number of allylic oxidation sites excluding steroid dienone is 2. The molecule has 3 aliphatic rings. The molecular weight excluding hydrogens is 206 g/mol. The third kappa shape index (κ3) is 1.35. The summed E-state index contributed by atoms with van der Waals surface area (Å²) in [5.41, 5.74) is 3.84. The van der Waals surface area contributed by atoms with Gasteiger partial charge in [-0.15, -0.1) is 0 Å². The zero-order valence-electron chi connectivity index (χ0n) is 9.98. The standard InChI is InChI=1S/C16H15N/c1-10-13-5-3-2-4-6-15(13)17-16-9-12-7-11(12)8-14(10)16/h3-6,8-9,11-12H,2,7H2,1H3. The third-order valence-corrected chi connectivity index (χ3v) is 4.08. The van der Waals surface area contributed by atoms with E-state index in [1.807, 2.05) is 0 Å². The SMILES string of the molecule is Cc1c2c(nc3c1=CC1CC1C=3)C=CCC=C2. The Bertz CT molecular complexity index is 676. The molecule has 4 rings (SSSR count). The number of nitrogens with zero attached hydrogens (tertiary/aromatic N) is 1. The molecule has 0 aromatic carbocycles. The molecule has 1 saturated carbocycles. The van der Waals surface area contributed by atoms with Gasteiger partial charge in [-0.25, -0.2) is 4.98 Å². The highest BCUT2D eigenvalue weighted by Crippen LogP contribution is 2.42. The molecular formula is C16H15N. The molecule has 1 aromatic rings. The van der Waals surface area contributed by atoms with E-state index in [1.165, 1.54) is 28.1 Å². The van der Waals surface area contributed by atoms with Crippen LogP contribution >= 0.6 is 0 Å². The smallest absolute Gasteiger partial charge is 0.0709 e. The summed E-state index contributed by atoms with van der Waals surface area (Å²) in [4.78, 5) is 4.83. The number of rotatable bonds is 0. The summed E-state index contributed by atoms with van der Waals surface area (Å²) in [6, 6.07) is 0. The van der Waals surface area contributed by atoms with Crippen LogP contribution in [0.3, 0.4) is 0 Å². The molecule has 1 heterocycles. The first-order valence-electron chi connectivity index (χ1n) is 6.40. The molecule has 1 heteroatoms. The monoisotopic (exact) mass is 221 g/mol. The minimum atomic E-state index is 0.776. The Labute approximate surface area is 101 Å². The maximum absolute atomic E-state index is 4.83. The number of aromatic nitrogens is 1. The molecule has 1 aromatic heterocycles. The molecule has 0 N–H and O–H groups in total. The van der Waals surface area contributed by atoms with Gasteiger partial charge in [-0.2, -0.15) is 0 Å². The average Bonchev–Trinajstić information content (AvgIpc) is 3.09.